The van der Waals surface area contributed by atoms with Crippen LogP contribution >= 0.6 is 0 Å². The normalized spacial score (nSPS) is 39.9. The maximum Gasteiger partial charge on any atom is 0.0130 e. The van der Waals surface area contributed by atoms with Gasteiger partial charge < -0.3 is 0 Å². The van der Waals surface area contributed by atoms with Crippen molar-refractivity contribution < 1.29 is 0 Å². The van der Waals surface area contributed by atoms with Crippen LogP contribution in [0.15, 0.2) is 0 Å². The quantitative estimate of drug-likeness (QED) is 0.496. The van der Waals surface area contributed by atoms with Gasteiger partial charge in [0, 0.05) is 17.6 Å². The van der Waals surface area contributed by atoms with Crippen molar-refractivity contribution in [3.63, 3.8) is 0 Å². The smallest absolute Gasteiger partial charge is 0.0130 e. The monoisotopic (exact) mass is 139 g/mol. The Labute approximate surface area is 63.4 Å². The highest BCUT2D eigenvalue weighted by Gasteiger charge is 2.48. The van der Waals surface area contributed by atoms with Gasteiger partial charge in [0.2, 0.25) is 0 Å². The van der Waals surface area contributed by atoms with E-state index in [2.05, 4.69) is 25.7 Å². The Morgan fingerprint density at radius 2 is 1.60 bits per heavy atom. The number of hydrogen-bond donors (Lipinski definition) is 0. The summed E-state index contributed by atoms with van der Waals surface area (Å²) in [7, 11) is 0. The molecule has 2 atom stereocenters. The summed E-state index contributed by atoms with van der Waals surface area (Å²) in [5, 5.41) is 0. The van der Waals surface area contributed by atoms with E-state index >= 15 is 0 Å². The topological polar surface area (TPSA) is 3.24 Å². The van der Waals surface area contributed by atoms with E-state index < -0.39 is 0 Å². The molecule has 2 aliphatic heterocycles. The second-order valence-electron chi connectivity index (χ2n) is 4.70. The van der Waals surface area contributed by atoms with Gasteiger partial charge >= 0.3 is 0 Å². The summed E-state index contributed by atoms with van der Waals surface area (Å²) in [6.07, 6.45) is 4.40. The van der Waals surface area contributed by atoms with E-state index in [4.69, 9.17) is 0 Å². The molecule has 0 spiro atoms. The molecule has 3 fully saturated rings. The second kappa shape index (κ2) is 1.76. The first-order valence-corrected chi connectivity index (χ1v) is 4.37. The predicted molar refractivity (Wildman–Crippen MR) is 43.0 cm³/mol. The van der Waals surface area contributed by atoms with E-state index in [-0.39, 0.29) is 0 Å². The highest BCUT2D eigenvalue weighted by Crippen LogP contribution is 2.44. The van der Waals surface area contributed by atoms with Gasteiger partial charge in [-0.15, -0.1) is 0 Å². The van der Waals surface area contributed by atoms with Gasteiger partial charge in [-0.2, -0.15) is 0 Å². The Balaban J connectivity index is 2.09. The van der Waals surface area contributed by atoms with Crippen LogP contribution in [0.1, 0.15) is 40.0 Å². The fourth-order valence-electron chi connectivity index (χ4n) is 2.70. The van der Waals surface area contributed by atoms with Crippen LogP contribution in [-0.2, 0) is 0 Å². The molecule has 1 aliphatic carbocycles. The van der Waals surface area contributed by atoms with E-state index in [0.29, 0.717) is 5.54 Å². The van der Waals surface area contributed by atoms with E-state index in [0.717, 1.165) is 12.1 Å². The van der Waals surface area contributed by atoms with Crippen molar-refractivity contribution in [3.8, 4) is 0 Å². The molecule has 3 rings (SSSR count). The van der Waals surface area contributed by atoms with Crippen molar-refractivity contribution in [2.24, 2.45) is 0 Å². The van der Waals surface area contributed by atoms with Crippen LogP contribution in [0.4, 0.5) is 0 Å². The van der Waals surface area contributed by atoms with E-state index in [1.165, 1.54) is 19.3 Å². The highest BCUT2D eigenvalue weighted by atomic mass is 15.3. The maximum atomic E-state index is 2.69. The summed E-state index contributed by atoms with van der Waals surface area (Å²) in [5.74, 6) is 0. The number of hydrogen-bond acceptors (Lipinski definition) is 1. The zero-order chi connectivity index (χ0) is 7.35. The molecule has 2 bridgehead atoms. The highest BCUT2D eigenvalue weighted by molar-refractivity contribution is 5.04. The molecule has 0 aromatic rings. The molecule has 1 saturated carbocycles. The molecule has 0 aromatic carbocycles. The Kier molecular flexibility index (Phi) is 1.17. The molecule has 0 radical (unpaired) electrons. The van der Waals surface area contributed by atoms with Crippen molar-refractivity contribution in [1.29, 1.82) is 0 Å². The molecule has 2 unspecified atom stereocenters. The van der Waals surface area contributed by atoms with E-state index in [1.807, 2.05) is 0 Å². The number of rotatable bonds is 0. The van der Waals surface area contributed by atoms with Crippen LogP contribution < -0.4 is 0 Å². The third-order valence-corrected chi connectivity index (χ3v) is 2.94. The van der Waals surface area contributed by atoms with Crippen LogP contribution in [0.3, 0.4) is 0 Å². The molecule has 10 heavy (non-hydrogen) atoms. The Morgan fingerprint density at radius 3 is 1.80 bits per heavy atom. The summed E-state index contributed by atoms with van der Waals surface area (Å²) >= 11 is 0. The molecule has 1 nitrogen and oxygen atoms in total. The molecular weight excluding hydrogens is 122 g/mol. The van der Waals surface area contributed by atoms with Crippen molar-refractivity contribution in [2.45, 2.75) is 57.7 Å². The fraction of sp³-hybridized carbons (Fsp3) is 1.00. The molecule has 0 aromatic heterocycles. The standard InChI is InChI=1S/C9H17N/c1-9(2,3)10-7-4-5-8(10)6-7/h7-8H,4-6H2,1-3H3. The lowest BCUT2D eigenvalue weighted by atomic mass is 9.93. The summed E-state index contributed by atoms with van der Waals surface area (Å²) in [6.45, 7) is 6.99. The van der Waals surface area contributed by atoms with Gasteiger partial charge in [0.25, 0.3) is 0 Å². The zero-order valence-electron chi connectivity index (χ0n) is 7.22. The minimum atomic E-state index is 0.435. The van der Waals surface area contributed by atoms with Crippen molar-refractivity contribution >= 4 is 0 Å². The average Bonchev–Trinajstić information content (AvgIpc) is 2.08. The summed E-state index contributed by atoms with van der Waals surface area (Å²) < 4.78 is 0. The third kappa shape index (κ3) is 0.731. The lowest BCUT2D eigenvalue weighted by Gasteiger charge is -2.49. The predicted octanol–water partition coefficient (Wildman–Crippen LogP) is 2.02. The molecular formula is C9H17N. The maximum absolute atomic E-state index is 2.69. The molecule has 2 saturated heterocycles. The first kappa shape index (κ1) is 6.66. The molecule has 58 valence electrons. The van der Waals surface area contributed by atoms with Crippen LogP contribution in [0.2, 0.25) is 0 Å². The zero-order valence-corrected chi connectivity index (χ0v) is 7.22. The van der Waals surface area contributed by atoms with Gasteiger partial charge in [0.1, 0.15) is 0 Å². The fourth-order valence-corrected chi connectivity index (χ4v) is 2.70. The van der Waals surface area contributed by atoms with Gasteiger partial charge in [-0.25, -0.2) is 0 Å². The minimum absolute atomic E-state index is 0.435. The molecule has 2 heterocycles. The first-order valence-electron chi connectivity index (χ1n) is 4.37. The van der Waals surface area contributed by atoms with Crippen LogP contribution in [0.5, 0.6) is 0 Å². The van der Waals surface area contributed by atoms with Gasteiger partial charge in [-0.3, -0.25) is 4.90 Å². The third-order valence-electron chi connectivity index (χ3n) is 2.94. The second-order valence-corrected chi connectivity index (χ2v) is 4.70. The van der Waals surface area contributed by atoms with E-state index in [1.54, 1.807) is 0 Å². The van der Waals surface area contributed by atoms with Crippen molar-refractivity contribution in [2.75, 3.05) is 0 Å². The average molecular weight is 139 g/mol. The largest absolute Gasteiger partial charge is 0.292 e. The van der Waals surface area contributed by atoms with Crippen molar-refractivity contribution in [3.05, 3.63) is 0 Å². The van der Waals surface area contributed by atoms with Gasteiger partial charge in [-0.05, 0) is 40.0 Å². The molecule has 1 heteroatoms. The van der Waals surface area contributed by atoms with Gasteiger partial charge in [0.15, 0.2) is 0 Å². The Hall–Kier alpha value is -0.0400. The summed E-state index contributed by atoms with van der Waals surface area (Å²) in [4.78, 5) is 2.69. The Bertz CT molecular complexity index is 131. The van der Waals surface area contributed by atoms with Crippen LogP contribution in [0, 0.1) is 0 Å². The number of nitrogens with zero attached hydrogens (tertiary/aromatic N) is 1. The number of fused-ring (bicyclic) bond motifs is 1. The van der Waals surface area contributed by atoms with Crippen LogP contribution in [0.25, 0.3) is 0 Å². The summed E-state index contributed by atoms with van der Waals surface area (Å²) in [5.41, 5.74) is 0.435. The lowest BCUT2D eigenvalue weighted by molar-refractivity contribution is -0.00911. The van der Waals surface area contributed by atoms with Gasteiger partial charge in [-0.1, -0.05) is 0 Å². The van der Waals surface area contributed by atoms with Crippen LogP contribution in [-0.4, -0.2) is 22.5 Å². The van der Waals surface area contributed by atoms with E-state index in [9.17, 15) is 0 Å². The summed E-state index contributed by atoms with van der Waals surface area (Å²) in [6, 6.07) is 1.90. The molecule has 0 N–H and O–H groups in total. The lowest BCUT2D eigenvalue weighted by Crippen LogP contribution is -2.57. The minimum Gasteiger partial charge on any atom is -0.292 e. The molecule has 0 amide bonds. The first-order chi connectivity index (χ1) is 4.59. The Morgan fingerprint density at radius 1 is 1.10 bits per heavy atom. The SMILES string of the molecule is CC(C)(C)N1C2CCC1C2. The van der Waals surface area contributed by atoms with Gasteiger partial charge in [0.05, 0.1) is 0 Å². The van der Waals surface area contributed by atoms with Crippen molar-refractivity contribution in [1.82, 2.24) is 4.90 Å². The molecule has 3 aliphatic rings.